The van der Waals surface area contributed by atoms with Gasteiger partial charge < -0.3 is 11.1 Å². The van der Waals surface area contributed by atoms with Gasteiger partial charge in [-0.1, -0.05) is 30.3 Å². The molecule has 0 aliphatic heterocycles. The fourth-order valence-electron chi connectivity index (χ4n) is 1.37. The molecule has 0 aliphatic carbocycles. The highest BCUT2D eigenvalue weighted by Gasteiger charge is 2.16. The predicted octanol–water partition coefficient (Wildman–Crippen LogP) is 1.21. The van der Waals surface area contributed by atoms with E-state index in [2.05, 4.69) is 11.2 Å². The molecule has 2 atom stereocenters. The Bertz CT molecular complexity index is 381. The van der Waals surface area contributed by atoms with Crippen LogP contribution in [-0.2, 0) is 4.79 Å². The zero-order valence-electron chi connectivity index (χ0n) is 9.31. The molecular weight excluding hydrogens is 200 g/mol. The van der Waals surface area contributed by atoms with Crippen LogP contribution in [0.4, 0.5) is 0 Å². The maximum absolute atomic E-state index is 11.7. The molecule has 1 aromatic rings. The Balaban J connectivity index is 2.59. The smallest absolute Gasteiger partial charge is 0.241 e. The van der Waals surface area contributed by atoms with Gasteiger partial charge in [0.05, 0.1) is 0 Å². The number of carbonyl (C=O) groups is 1. The van der Waals surface area contributed by atoms with Gasteiger partial charge >= 0.3 is 0 Å². The van der Waals surface area contributed by atoms with Crippen LogP contribution in [0.25, 0.3) is 0 Å². The summed E-state index contributed by atoms with van der Waals surface area (Å²) in [5, 5.41) is 2.77. The number of hydrogen-bond acceptors (Lipinski definition) is 2. The number of benzene rings is 1. The number of amides is 1. The van der Waals surface area contributed by atoms with Gasteiger partial charge in [0.15, 0.2) is 0 Å². The van der Waals surface area contributed by atoms with E-state index < -0.39 is 6.04 Å². The van der Waals surface area contributed by atoms with Crippen molar-refractivity contribution >= 4 is 5.91 Å². The third-order valence-electron chi connectivity index (χ3n) is 2.25. The maximum Gasteiger partial charge on any atom is 0.241 e. The molecule has 3 nitrogen and oxygen atoms in total. The Morgan fingerprint density at radius 2 is 2.12 bits per heavy atom. The summed E-state index contributed by atoms with van der Waals surface area (Å²) in [4.78, 5) is 11.7. The minimum atomic E-state index is -0.638. The van der Waals surface area contributed by atoms with Gasteiger partial charge in [-0.05, 0) is 12.5 Å². The van der Waals surface area contributed by atoms with Crippen molar-refractivity contribution in [2.24, 2.45) is 5.73 Å². The fourth-order valence-corrected chi connectivity index (χ4v) is 1.37. The number of rotatable bonds is 4. The average molecular weight is 216 g/mol. The van der Waals surface area contributed by atoms with E-state index in [4.69, 9.17) is 12.2 Å². The van der Waals surface area contributed by atoms with Crippen molar-refractivity contribution in [3.05, 3.63) is 35.9 Å². The Morgan fingerprint density at radius 3 is 2.69 bits per heavy atom. The molecule has 1 amide bonds. The minimum Gasteiger partial charge on any atom is -0.351 e. The molecule has 0 saturated carbocycles. The largest absolute Gasteiger partial charge is 0.351 e. The Labute approximate surface area is 96.0 Å². The van der Waals surface area contributed by atoms with Gasteiger partial charge in [-0.25, -0.2) is 0 Å². The normalized spacial score (nSPS) is 13.6. The number of nitrogens with one attached hydrogen (secondary N) is 1. The first kappa shape index (κ1) is 12.3. The first-order valence-electron chi connectivity index (χ1n) is 5.19. The highest BCUT2D eigenvalue weighted by Crippen LogP contribution is 2.09. The lowest BCUT2D eigenvalue weighted by Crippen LogP contribution is -2.39. The van der Waals surface area contributed by atoms with E-state index in [9.17, 15) is 4.79 Å². The molecule has 0 heterocycles. The van der Waals surface area contributed by atoms with Crippen LogP contribution in [-0.4, -0.2) is 11.9 Å². The summed E-state index contributed by atoms with van der Waals surface area (Å²) in [7, 11) is 0. The molecule has 3 heteroatoms. The molecule has 0 spiro atoms. The van der Waals surface area contributed by atoms with E-state index in [1.165, 1.54) is 0 Å². The minimum absolute atomic E-state index is 0.0488. The summed E-state index contributed by atoms with van der Waals surface area (Å²) >= 11 is 0. The Kier molecular flexibility index (Phi) is 4.56. The summed E-state index contributed by atoms with van der Waals surface area (Å²) in [6.07, 6.45) is 5.67. The van der Waals surface area contributed by atoms with Crippen molar-refractivity contribution < 1.29 is 4.79 Å². The molecule has 3 N–H and O–H groups in total. The summed E-state index contributed by atoms with van der Waals surface area (Å²) in [6, 6.07) is 8.57. The topological polar surface area (TPSA) is 55.1 Å². The predicted molar refractivity (Wildman–Crippen MR) is 64.4 cm³/mol. The van der Waals surface area contributed by atoms with Crippen LogP contribution in [0.3, 0.4) is 0 Å². The summed E-state index contributed by atoms with van der Waals surface area (Å²) in [5.74, 6) is 2.30. The number of hydrogen-bond donors (Lipinski definition) is 2. The van der Waals surface area contributed by atoms with Crippen LogP contribution in [0.5, 0.6) is 0 Å². The fraction of sp³-hybridized carbons (Fsp3) is 0.308. The van der Waals surface area contributed by atoms with Gasteiger partial charge in [-0.15, -0.1) is 12.3 Å². The van der Waals surface area contributed by atoms with E-state index in [1.807, 2.05) is 37.3 Å². The van der Waals surface area contributed by atoms with Crippen LogP contribution in [0.2, 0.25) is 0 Å². The molecule has 0 radical (unpaired) electrons. The van der Waals surface area contributed by atoms with Crippen LogP contribution >= 0.6 is 0 Å². The molecule has 0 aromatic heterocycles. The molecule has 1 rings (SSSR count). The van der Waals surface area contributed by atoms with Crippen molar-refractivity contribution in [2.45, 2.75) is 25.4 Å². The van der Waals surface area contributed by atoms with Crippen LogP contribution < -0.4 is 11.1 Å². The summed E-state index contributed by atoms with van der Waals surface area (Å²) in [5.41, 5.74) is 6.62. The first-order valence-corrected chi connectivity index (χ1v) is 5.19. The molecule has 84 valence electrons. The van der Waals surface area contributed by atoms with Crippen LogP contribution in [0.1, 0.15) is 24.9 Å². The van der Waals surface area contributed by atoms with Crippen molar-refractivity contribution in [2.75, 3.05) is 0 Å². The van der Waals surface area contributed by atoms with E-state index in [1.54, 1.807) is 0 Å². The molecule has 0 bridgehead atoms. The van der Waals surface area contributed by atoms with Crippen LogP contribution in [0.15, 0.2) is 30.3 Å². The third-order valence-corrected chi connectivity index (χ3v) is 2.25. The molecule has 0 saturated heterocycles. The van der Waals surface area contributed by atoms with Crippen molar-refractivity contribution in [1.82, 2.24) is 5.32 Å². The number of nitrogens with two attached hydrogens (primary N) is 1. The number of terminal acetylenes is 1. The second kappa shape index (κ2) is 5.94. The second-order valence-corrected chi connectivity index (χ2v) is 3.71. The molecule has 16 heavy (non-hydrogen) atoms. The summed E-state index contributed by atoms with van der Waals surface area (Å²) in [6.45, 7) is 1.86. The zero-order valence-corrected chi connectivity index (χ0v) is 9.31. The van der Waals surface area contributed by atoms with Gasteiger partial charge in [0.25, 0.3) is 0 Å². The van der Waals surface area contributed by atoms with E-state index >= 15 is 0 Å². The average Bonchev–Trinajstić information content (AvgIpc) is 2.29. The second-order valence-electron chi connectivity index (χ2n) is 3.71. The lowest BCUT2D eigenvalue weighted by Gasteiger charge is -2.16. The van der Waals surface area contributed by atoms with Gasteiger partial charge in [0.1, 0.15) is 6.04 Å². The quantitative estimate of drug-likeness (QED) is 0.743. The highest BCUT2D eigenvalue weighted by molar-refractivity contribution is 5.83. The molecular formula is C13H16N2O. The van der Waals surface area contributed by atoms with E-state index in [0.29, 0.717) is 6.42 Å². The van der Waals surface area contributed by atoms with E-state index in [-0.39, 0.29) is 11.9 Å². The van der Waals surface area contributed by atoms with Crippen LogP contribution in [0, 0.1) is 12.3 Å². The Hall–Kier alpha value is -1.79. The maximum atomic E-state index is 11.7. The lowest BCUT2D eigenvalue weighted by atomic mass is 10.1. The van der Waals surface area contributed by atoms with Gasteiger partial charge in [0, 0.05) is 12.5 Å². The Morgan fingerprint density at radius 1 is 1.50 bits per heavy atom. The van der Waals surface area contributed by atoms with Crippen molar-refractivity contribution in [3.63, 3.8) is 0 Å². The molecule has 1 unspecified atom stereocenters. The molecule has 0 aliphatic rings. The highest BCUT2D eigenvalue weighted by atomic mass is 16.2. The van der Waals surface area contributed by atoms with Gasteiger partial charge in [-0.3, -0.25) is 4.79 Å². The number of carbonyl (C=O) groups excluding carboxylic acids is 1. The lowest BCUT2D eigenvalue weighted by molar-refractivity contribution is -0.123. The third kappa shape index (κ3) is 3.41. The zero-order chi connectivity index (χ0) is 12.0. The molecule has 0 fully saturated rings. The standard InChI is InChI=1S/C13H16N2O/c1-3-7-10(2)15-13(16)12(14)11-8-5-4-6-9-11/h1,4-6,8-10,12H,7,14H2,2H3,(H,15,16)/t10?,12-/m1/s1. The van der Waals surface area contributed by atoms with Crippen molar-refractivity contribution in [3.8, 4) is 12.3 Å². The summed E-state index contributed by atoms with van der Waals surface area (Å²) < 4.78 is 0. The first-order chi connectivity index (χ1) is 7.65. The SMILES string of the molecule is C#CCC(C)NC(=O)[C@H](N)c1ccccc1. The monoisotopic (exact) mass is 216 g/mol. The molecule has 1 aromatic carbocycles. The van der Waals surface area contributed by atoms with Crippen molar-refractivity contribution in [1.29, 1.82) is 0 Å². The van der Waals surface area contributed by atoms with Gasteiger partial charge in [0.2, 0.25) is 5.91 Å². The van der Waals surface area contributed by atoms with Gasteiger partial charge in [-0.2, -0.15) is 0 Å². The van der Waals surface area contributed by atoms with E-state index in [0.717, 1.165) is 5.56 Å².